The zero-order valence-electron chi connectivity index (χ0n) is 18.8. The summed E-state index contributed by atoms with van der Waals surface area (Å²) in [4.78, 5) is 28.6. The third-order valence-corrected chi connectivity index (χ3v) is 6.97. The smallest absolute Gasteiger partial charge is 0.274 e. The predicted octanol–water partition coefficient (Wildman–Crippen LogP) is 3.93. The van der Waals surface area contributed by atoms with Crippen molar-refractivity contribution in [3.8, 4) is 0 Å². The number of rotatable bonds is 6. The molecule has 0 unspecified atom stereocenters. The molecule has 7 heteroatoms. The Balaban J connectivity index is 1.36. The average Bonchev–Trinajstić information content (AvgIpc) is 2.90. The highest BCUT2D eigenvalue weighted by atomic mass is 32.2. The molecular formula is C27H26N4O2S. The van der Waals surface area contributed by atoms with Gasteiger partial charge in [0, 0.05) is 42.2 Å². The van der Waals surface area contributed by atoms with Crippen LogP contribution in [0.3, 0.4) is 0 Å². The van der Waals surface area contributed by atoms with Gasteiger partial charge in [-0.1, -0.05) is 60.7 Å². The second-order valence-corrected chi connectivity index (χ2v) is 9.52. The summed E-state index contributed by atoms with van der Waals surface area (Å²) < 4.78 is 1.37. The average molecular weight is 471 g/mol. The summed E-state index contributed by atoms with van der Waals surface area (Å²) in [6, 6.07) is 25.1. The van der Waals surface area contributed by atoms with Crippen LogP contribution in [-0.2, 0) is 13.1 Å². The maximum atomic E-state index is 13.2. The Kier molecular flexibility index (Phi) is 6.62. The van der Waals surface area contributed by atoms with Crippen LogP contribution in [-0.4, -0.2) is 40.3 Å². The number of aromatic nitrogens is 2. The van der Waals surface area contributed by atoms with E-state index in [2.05, 4.69) is 39.6 Å². The molecule has 6 nitrogen and oxygen atoms in total. The maximum absolute atomic E-state index is 13.2. The molecule has 1 saturated heterocycles. The molecule has 3 aromatic carbocycles. The van der Waals surface area contributed by atoms with E-state index in [1.165, 1.54) is 10.4 Å². The molecule has 5 rings (SSSR count). The van der Waals surface area contributed by atoms with Crippen molar-refractivity contribution in [3.05, 3.63) is 106 Å². The molecule has 0 saturated carbocycles. The van der Waals surface area contributed by atoms with Crippen LogP contribution in [0.4, 0.5) is 5.69 Å². The normalized spacial score (nSPS) is 13.7. The Labute approximate surface area is 202 Å². The zero-order valence-corrected chi connectivity index (χ0v) is 19.6. The van der Waals surface area contributed by atoms with Crippen LogP contribution in [0, 0.1) is 0 Å². The number of amides is 1. The summed E-state index contributed by atoms with van der Waals surface area (Å²) >= 11 is 1.99. The van der Waals surface area contributed by atoms with Crippen molar-refractivity contribution in [1.82, 2.24) is 15.1 Å². The second-order valence-electron chi connectivity index (χ2n) is 8.29. The minimum absolute atomic E-state index is 0.206. The topological polar surface area (TPSA) is 67.2 Å². The molecule has 0 aliphatic carbocycles. The Morgan fingerprint density at radius 3 is 2.26 bits per heavy atom. The molecule has 1 aliphatic heterocycles. The number of hydrogen-bond donors (Lipinski definition) is 1. The van der Waals surface area contributed by atoms with Crippen molar-refractivity contribution < 1.29 is 4.79 Å². The van der Waals surface area contributed by atoms with Crippen LogP contribution in [0.5, 0.6) is 0 Å². The lowest BCUT2D eigenvalue weighted by Crippen LogP contribution is -2.32. The number of thioether (sulfide) groups is 1. The molecule has 0 atom stereocenters. The van der Waals surface area contributed by atoms with E-state index in [9.17, 15) is 9.59 Å². The lowest BCUT2D eigenvalue weighted by atomic mass is 10.1. The first-order valence-corrected chi connectivity index (χ1v) is 12.6. The van der Waals surface area contributed by atoms with Gasteiger partial charge in [-0.2, -0.15) is 16.9 Å². The molecule has 0 radical (unpaired) electrons. The van der Waals surface area contributed by atoms with Crippen molar-refractivity contribution in [2.75, 3.05) is 29.5 Å². The number of carbonyl (C=O) groups excluding carboxylic acids is 1. The molecule has 172 valence electrons. The monoisotopic (exact) mass is 470 g/mol. The third-order valence-electron chi connectivity index (χ3n) is 6.02. The predicted molar refractivity (Wildman–Crippen MR) is 139 cm³/mol. The van der Waals surface area contributed by atoms with Crippen molar-refractivity contribution in [2.45, 2.75) is 13.1 Å². The van der Waals surface area contributed by atoms with Gasteiger partial charge in [0.25, 0.3) is 11.5 Å². The number of nitrogens with one attached hydrogen (secondary N) is 1. The van der Waals surface area contributed by atoms with Crippen LogP contribution in [0.2, 0.25) is 0 Å². The fraction of sp³-hybridized carbons (Fsp3) is 0.222. The van der Waals surface area contributed by atoms with Gasteiger partial charge in [0.2, 0.25) is 0 Å². The number of fused-ring (bicyclic) bond motifs is 1. The molecule has 4 aromatic rings. The number of carbonyl (C=O) groups is 1. The number of nitrogens with zero attached hydrogens (tertiary/aromatic N) is 3. The molecule has 1 amide bonds. The van der Waals surface area contributed by atoms with Gasteiger partial charge in [0.15, 0.2) is 5.69 Å². The highest BCUT2D eigenvalue weighted by Gasteiger charge is 2.17. The molecule has 0 spiro atoms. The minimum Gasteiger partial charge on any atom is -0.370 e. The van der Waals surface area contributed by atoms with Gasteiger partial charge in [0.05, 0.1) is 11.9 Å². The van der Waals surface area contributed by atoms with Crippen molar-refractivity contribution >= 4 is 34.1 Å². The Morgan fingerprint density at radius 2 is 1.53 bits per heavy atom. The van der Waals surface area contributed by atoms with E-state index in [4.69, 9.17) is 0 Å². The van der Waals surface area contributed by atoms with Gasteiger partial charge >= 0.3 is 0 Å². The van der Waals surface area contributed by atoms with E-state index < -0.39 is 0 Å². The summed E-state index contributed by atoms with van der Waals surface area (Å²) in [5, 5.41) is 8.50. The van der Waals surface area contributed by atoms with E-state index in [0.717, 1.165) is 35.7 Å². The third kappa shape index (κ3) is 4.84. The quantitative estimate of drug-likeness (QED) is 0.463. The van der Waals surface area contributed by atoms with Crippen LogP contribution in [0.1, 0.15) is 21.6 Å². The van der Waals surface area contributed by atoms with Gasteiger partial charge in [0.1, 0.15) is 0 Å². The van der Waals surface area contributed by atoms with E-state index in [1.54, 1.807) is 18.2 Å². The van der Waals surface area contributed by atoms with Gasteiger partial charge in [-0.3, -0.25) is 9.59 Å². The Bertz CT molecular complexity index is 1350. The highest BCUT2D eigenvalue weighted by molar-refractivity contribution is 7.99. The lowest BCUT2D eigenvalue weighted by Gasteiger charge is -2.28. The fourth-order valence-corrected chi connectivity index (χ4v) is 5.08. The molecule has 1 fully saturated rings. The molecule has 1 N–H and O–H groups in total. The molecule has 1 aliphatic rings. The summed E-state index contributed by atoms with van der Waals surface area (Å²) in [6.07, 6.45) is 0. The van der Waals surface area contributed by atoms with E-state index in [0.29, 0.717) is 23.9 Å². The summed E-state index contributed by atoms with van der Waals surface area (Å²) in [5.41, 5.74) is 3.24. The van der Waals surface area contributed by atoms with Crippen LogP contribution in [0.25, 0.3) is 10.8 Å². The van der Waals surface area contributed by atoms with Gasteiger partial charge in [-0.25, -0.2) is 4.68 Å². The van der Waals surface area contributed by atoms with Crippen LogP contribution >= 0.6 is 11.8 Å². The van der Waals surface area contributed by atoms with Gasteiger partial charge in [-0.15, -0.1) is 0 Å². The molecule has 0 bridgehead atoms. The Morgan fingerprint density at radius 1 is 0.853 bits per heavy atom. The Hall–Kier alpha value is -3.58. The molecule has 1 aromatic heterocycles. The van der Waals surface area contributed by atoms with Crippen LogP contribution < -0.4 is 15.8 Å². The van der Waals surface area contributed by atoms with E-state index >= 15 is 0 Å². The number of hydrogen-bond acceptors (Lipinski definition) is 5. The van der Waals surface area contributed by atoms with Crippen LogP contribution in [0.15, 0.2) is 83.7 Å². The standard InChI is InChI=1S/C27H26N4O2S/c32-26(28-18-20-10-12-22(13-11-20)30-14-16-34-17-15-30)25-23-8-4-5-9-24(23)27(33)31(29-25)19-21-6-2-1-3-7-21/h1-13H,14-19H2,(H,28,32). The second kappa shape index (κ2) is 10.1. The van der Waals surface area contributed by atoms with Gasteiger partial charge < -0.3 is 10.2 Å². The van der Waals surface area contributed by atoms with Crippen molar-refractivity contribution in [1.29, 1.82) is 0 Å². The molecule has 2 heterocycles. The lowest BCUT2D eigenvalue weighted by molar-refractivity contribution is 0.0945. The SMILES string of the molecule is O=C(NCc1ccc(N2CCSCC2)cc1)c1nn(Cc2ccccc2)c(=O)c2ccccc12. The maximum Gasteiger partial charge on any atom is 0.274 e. The van der Waals surface area contributed by atoms with Gasteiger partial charge in [-0.05, 0) is 29.3 Å². The first-order valence-electron chi connectivity index (χ1n) is 11.4. The fourth-order valence-electron chi connectivity index (χ4n) is 4.18. The summed E-state index contributed by atoms with van der Waals surface area (Å²) in [6.45, 7) is 2.83. The van der Waals surface area contributed by atoms with Crippen molar-refractivity contribution in [2.24, 2.45) is 0 Å². The van der Waals surface area contributed by atoms with E-state index in [1.807, 2.05) is 48.2 Å². The summed E-state index contributed by atoms with van der Waals surface area (Å²) in [5.74, 6) is 2.02. The number of anilines is 1. The van der Waals surface area contributed by atoms with Crippen molar-refractivity contribution in [3.63, 3.8) is 0 Å². The molecule has 34 heavy (non-hydrogen) atoms. The largest absolute Gasteiger partial charge is 0.370 e. The highest BCUT2D eigenvalue weighted by Crippen LogP contribution is 2.20. The summed E-state index contributed by atoms with van der Waals surface area (Å²) in [7, 11) is 0. The molecular weight excluding hydrogens is 444 g/mol. The first kappa shape index (κ1) is 22.2. The minimum atomic E-state index is -0.296. The van der Waals surface area contributed by atoms with E-state index in [-0.39, 0.29) is 17.2 Å². The number of benzene rings is 3. The first-order chi connectivity index (χ1) is 16.7. The zero-order chi connectivity index (χ0) is 23.3.